The van der Waals surface area contributed by atoms with Gasteiger partial charge in [0.05, 0.1) is 12.1 Å². The number of hydrogen-bond donors (Lipinski definition) is 1. The highest BCUT2D eigenvalue weighted by Crippen LogP contribution is 2.28. The predicted molar refractivity (Wildman–Crippen MR) is 127 cm³/mol. The van der Waals surface area contributed by atoms with Crippen LogP contribution in [0, 0.1) is 0 Å². The van der Waals surface area contributed by atoms with Gasteiger partial charge in [0.15, 0.2) is 0 Å². The second kappa shape index (κ2) is 10.1. The number of amides is 1. The molecule has 0 aliphatic heterocycles. The molecule has 4 aromatic rings. The van der Waals surface area contributed by atoms with Gasteiger partial charge in [0.25, 0.3) is 0 Å². The molecule has 1 N–H and O–H groups in total. The van der Waals surface area contributed by atoms with Crippen molar-refractivity contribution >= 4 is 17.2 Å². The Kier molecular flexibility index (Phi) is 6.85. The molecule has 0 bridgehead atoms. The minimum atomic E-state index is 0.0574. The number of hydrogen-bond acceptors (Lipinski definition) is 4. The number of nitrogens with zero attached hydrogens (tertiary/aromatic N) is 2. The molecule has 2 aromatic heterocycles. The lowest BCUT2D eigenvalue weighted by Crippen LogP contribution is -2.34. The molecular formula is C26H25N3OS. The molecule has 2 aromatic carbocycles. The molecule has 0 spiro atoms. The first kappa shape index (κ1) is 20.9. The third-order valence-electron chi connectivity index (χ3n) is 5.16. The molecule has 4 rings (SSSR count). The molecule has 0 radical (unpaired) electrons. The summed E-state index contributed by atoms with van der Waals surface area (Å²) in [4.78, 5) is 21.2. The van der Waals surface area contributed by atoms with E-state index in [0.717, 1.165) is 40.2 Å². The first-order chi connectivity index (χ1) is 15.2. The van der Waals surface area contributed by atoms with Gasteiger partial charge in [-0.1, -0.05) is 54.6 Å². The van der Waals surface area contributed by atoms with E-state index in [2.05, 4.69) is 34.7 Å². The van der Waals surface area contributed by atoms with Gasteiger partial charge in [-0.15, -0.1) is 11.3 Å². The van der Waals surface area contributed by atoms with Crippen molar-refractivity contribution in [2.24, 2.45) is 0 Å². The van der Waals surface area contributed by atoms with E-state index in [9.17, 15) is 4.79 Å². The maximum absolute atomic E-state index is 12.4. The number of pyridine rings is 1. The van der Waals surface area contributed by atoms with E-state index in [4.69, 9.17) is 4.98 Å². The van der Waals surface area contributed by atoms with Gasteiger partial charge in [-0.05, 0) is 43.0 Å². The molecule has 0 saturated carbocycles. The minimum Gasteiger partial charge on any atom is -0.353 e. The zero-order valence-electron chi connectivity index (χ0n) is 17.5. The molecule has 1 atom stereocenters. The summed E-state index contributed by atoms with van der Waals surface area (Å²) in [5.41, 5.74) is 5.37. The van der Waals surface area contributed by atoms with Crippen molar-refractivity contribution in [2.75, 3.05) is 0 Å². The minimum absolute atomic E-state index is 0.0574. The molecule has 0 aliphatic rings. The molecular weight excluding hydrogens is 402 g/mol. The van der Waals surface area contributed by atoms with Crippen LogP contribution < -0.4 is 5.32 Å². The first-order valence-corrected chi connectivity index (χ1v) is 11.3. The van der Waals surface area contributed by atoms with Crippen LogP contribution in [-0.2, 0) is 17.6 Å². The smallest absolute Gasteiger partial charge is 0.224 e. The average Bonchev–Trinajstić information content (AvgIpc) is 3.30. The second-order valence-corrected chi connectivity index (χ2v) is 8.50. The highest BCUT2D eigenvalue weighted by Gasteiger charge is 2.10. The van der Waals surface area contributed by atoms with Crippen LogP contribution in [0.3, 0.4) is 0 Å². The Bertz CT molecular complexity index is 1110. The van der Waals surface area contributed by atoms with Crippen molar-refractivity contribution in [1.82, 2.24) is 15.3 Å². The highest BCUT2D eigenvalue weighted by molar-refractivity contribution is 7.13. The largest absolute Gasteiger partial charge is 0.353 e. The normalized spacial score (nSPS) is 11.8. The van der Waals surface area contributed by atoms with E-state index >= 15 is 0 Å². The van der Waals surface area contributed by atoms with Crippen molar-refractivity contribution in [2.45, 2.75) is 32.2 Å². The number of nitrogens with one attached hydrogen (secondary N) is 1. The third kappa shape index (κ3) is 5.86. The van der Waals surface area contributed by atoms with E-state index in [1.54, 1.807) is 23.7 Å². The maximum Gasteiger partial charge on any atom is 0.224 e. The van der Waals surface area contributed by atoms with Crippen LogP contribution in [0.25, 0.3) is 21.8 Å². The SMILES string of the molecule is CC(CCc1ccccc1)NC(=O)Cc1ccc(-c2csc(-c3ccncc3)n2)cc1. The molecule has 156 valence electrons. The van der Waals surface area contributed by atoms with Gasteiger partial charge in [0, 0.05) is 34.9 Å². The molecule has 0 aliphatic carbocycles. The molecule has 5 heteroatoms. The van der Waals surface area contributed by atoms with Crippen molar-refractivity contribution < 1.29 is 4.79 Å². The second-order valence-electron chi connectivity index (χ2n) is 7.64. The summed E-state index contributed by atoms with van der Waals surface area (Å²) in [6, 6.07) is 22.5. The summed E-state index contributed by atoms with van der Waals surface area (Å²) >= 11 is 1.62. The number of aryl methyl sites for hydroxylation is 1. The van der Waals surface area contributed by atoms with Crippen LogP contribution in [0.5, 0.6) is 0 Å². The maximum atomic E-state index is 12.4. The number of carbonyl (C=O) groups excluding carboxylic acids is 1. The molecule has 1 unspecified atom stereocenters. The van der Waals surface area contributed by atoms with Crippen molar-refractivity contribution in [3.63, 3.8) is 0 Å². The Morgan fingerprint density at radius 3 is 2.42 bits per heavy atom. The summed E-state index contributed by atoms with van der Waals surface area (Å²) < 4.78 is 0. The quantitative estimate of drug-likeness (QED) is 0.401. The number of carbonyl (C=O) groups is 1. The summed E-state index contributed by atoms with van der Waals surface area (Å²) in [5, 5.41) is 6.15. The molecule has 4 nitrogen and oxygen atoms in total. The predicted octanol–water partition coefficient (Wildman–Crippen LogP) is 5.55. The van der Waals surface area contributed by atoms with E-state index < -0.39 is 0 Å². The van der Waals surface area contributed by atoms with E-state index in [1.807, 2.05) is 54.6 Å². The molecule has 2 heterocycles. The third-order valence-corrected chi connectivity index (χ3v) is 6.05. The van der Waals surface area contributed by atoms with Crippen LogP contribution in [-0.4, -0.2) is 21.9 Å². The summed E-state index contributed by atoms with van der Waals surface area (Å²) in [7, 11) is 0. The van der Waals surface area contributed by atoms with Gasteiger partial charge >= 0.3 is 0 Å². The number of thiazole rings is 1. The van der Waals surface area contributed by atoms with Gasteiger partial charge in [-0.3, -0.25) is 9.78 Å². The Balaban J connectivity index is 1.30. The fourth-order valence-corrected chi connectivity index (χ4v) is 4.27. The zero-order valence-corrected chi connectivity index (χ0v) is 18.3. The summed E-state index contributed by atoms with van der Waals surface area (Å²) in [6.07, 6.45) is 5.83. The standard InChI is InChI=1S/C26H25N3OS/c1-19(7-8-20-5-3-2-4-6-20)28-25(30)17-21-9-11-22(12-10-21)24-18-31-26(29-24)23-13-15-27-16-14-23/h2-6,9-16,18-19H,7-8,17H2,1H3,(H,28,30). The van der Waals surface area contributed by atoms with Crippen LogP contribution in [0.15, 0.2) is 84.5 Å². The molecule has 1 amide bonds. The Morgan fingerprint density at radius 2 is 1.68 bits per heavy atom. The van der Waals surface area contributed by atoms with E-state index in [0.29, 0.717) is 6.42 Å². The fourth-order valence-electron chi connectivity index (χ4n) is 3.44. The van der Waals surface area contributed by atoms with Gasteiger partial charge in [-0.2, -0.15) is 0 Å². The topological polar surface area (TPSA) is 54.9 Å². The summed E-state index contributed by atoms with van der Waals surface area (Å²) in [5.74, 6) is 0.0574. The van der Waals surface area contributed by atoms with Crippen molar-refractivity contribution in [1.29, 1.82) is 0 Å². The first-order valence-electron chi connectivity index (χ1n) is 10.5. The van der Waals surface area contributed by atoms with Crippen LogP contribution >= 0.6 is 11.3 Å². The van der Waals surface area contributed by atoms with E-state index in [1.165, 1.54) is 5.56 Å². The van der Waals surface area contributed by atoms with Crippen molar-refractivity contribution in [3.05, 3.63) is 95.6 Å². The average molecular weight is 428 g/mol. The van der Waals surface area contributed by atoms with E-state index in [-0.39, 0.29) is 11.9 Å². The number of benzene rings is 2. The van der Waals surface area contributed by atoms with Crippen molar-refractivity contribution in [3.8, 4) is 21.8 Å². The molecule has 0 fully saturated rings. The number of rotatable bonds is 8. The van der Waals surface area contributed by atoms with Gasteiger partial charge < -0.3 is 5.32 Å². The number of aromatic nitrogens is 2. The van der Waals surface area contributed by atoms with Crippen LogP contribution in [0.1, 0.15) is 24.5 Å². The van der Waals surface area contributed by atoms with Gasteiger partial charge in [0.2, 0.25) is 5.91 Å². The lowest BCUT2D eigenvalue weighted by Gasteiger charge is -2.14. The molecule has 31 heavy (non-hydrogen) atoms. The van der Waals surface area contributed by atoms with Crippen LogP contribution in [0.4, 0.5) is 0 Å². The lowest BCUT2D eigenvalue weighted by molar-refractivity contribution is -0.121. The Morgan fingerprint density at radius 1 is 0.935 bits per heavy atom. The Labute approximate surface area is 187 Å². The monoisotopic (exact) mass is 427 g/mol. The van der Waals surface area contributed by atoms with Crippen LogP contribution in [0.2, 0.25) is 0 Å². The highest BCUT2D eigenvalue weighted by atomic mass is 32.1. The Hall–Kier alpha value is -3.31. The summed E-state index contributed by atoms with van der Waals surface area (Å²) in [6.45, 7) is 2.06. The lowest BCUT2D eigenvalue weighted by atomic mass is 10.0. The van der Waals surface area contributed by atoms with Gasteiger partial charge in [0.1, 0.15) is 5.01 Å². The fraction of sp³-hybridized carbons (Fsp3) is 0.192. The molecule has 0 saturated heterocycles. The van der Waals surface area contributed by atoms with Gasteiger partial charge in [-0.25, -0.2) is 4.98 Å². The zero-order chi connectivity index (χ0) is 21.5.